The third-order valence-electron chi connectivity index (χ3n) is 1.94. The fourth-order valence-electron chi connectivity index (χ4n) is 1.26. The molecule has 0 heterocycles. The summed E-state index contributed by atoms with van der Waals surface area (Å²) in [5, 5.41) is 8.44. The van der Waals surface area contributed by atoms with Gasteiger partial charge in [-0.2, -0.15) is 5.26 Å². The second kappa shape index (κ2) is 5.58. The van der Waals surface area contributed by atoms with Crippen molar-refractivity contribution in [3.05, 3.63) is 35.1 Å². The molecule has 0 fully saturated rings. The van der Waals surface area contributed by atoms with E-state index in [0.717, 1.165) is 11.1 Å². The zero-order valence-electron chi connectivity index (χ0n) is 7.83. The zero-order valence-corrected chi connectivity index (χ0v) is 8.64. The van der Waals surface area contributed by atoms with Crippen molar-refractivity contribution in [2.45, 2.75) is 19.4 Å². The van der Waals surface area contributed by atoms with Gasteiger partial charge in [0.15, 0.2) is 0 Å². The van der Waals surface area contributed by atoms with Crippen LogP contribution in [0.3, 0.4) is 0 Å². The van der Waals surface area contributed by atoms with Crippen LogP contribution in [0.5, 0.6) is 0 Å². The van der Waals surface area contributed by atoms with Gasteiger partial charge >= 0.3 is 0 Å². The van der Waals surface area contributed by atoms with E-state index >= 15 is 0 Å². The van der Waals surface area contributed by atoms with E-state index in [9.17, 15) is 4.39 Å². The molecule has 0 spiro atoms. The number of nitrogens with two attached hydrogens (primary N) is 1. The van der Waals surface area contributed by atoms with E-state index in [4.69, 9.17) is 11.0 Å². The third kappa shape index (κ3) is 2.99. The monoisotopic (exact) mass is 214 g/mol. The molecule has 0 amide bonds. The Labute approximate surface area is 88.9 Å². The molecule has 0 aliphatic carbocycles. The average molecular weight is 215 g/mol. The third-order valence-corrected chi connectivity index (χ3v) is 1.94. The summed E-state index contributed by atoms with van der Waals surface area (Å²) < 4.78 is 12.7. The Hall–Kier alpha value is -1.11. The van der Waals surface area contributed by atoms with E-state index < -0.39 is 0 Å². The molecule has 1 aromatic rings. The van der Waals surface area contributed by atoms with Gasteiger partial charge < -0.3 is 5.73 Å². The molecule has 76 valence electrons. The zero-order chi connectivity index (χ0) is 9.84. The maximum absolute atomic E-state index is 12.7. The number of nitriles is 1. The Bertz CT molecular complexity index is 346. The summed E-state index contributed by atoms with van der Waals surface area (Å²) >= 11 is 0. The van der Waals surface area contributed by atoms with Gasteiger partial charge in [-0.25, -0.2) is 4.39 Å². The summed E-state index contributed by atoms with van der Waals surface area (Å²) in [6.45, 7) is 1.79. The molecule has 14 heavy (non-hydrogen) atoms. The van der Waals surface area contributed by atoms with Crippen LogP contribution in [0.25, 0.3) is 0 Å². The number of hydrogen-bond donors (Lipinski definition) is 1. The highest BCUT2D eigenvalue weighted by Crippen LogP contribution is 2.18. The van der Waals surface area contributed by atoms with Gasteiger partial charge in [-0.3, -0.25) is 0 Å². The lowest BCUT2D eigenvalue weighted by Gasteiger charge is -2.10. The molecule has 0 saturated carbocycles. The highest BCUT2D eigenvalue weighted by Gasteiger charge is 2.08. The first-order valence-electron chi connectivity index (χ1n) is 4.03. The first-order valence-corrected chi connectivity index (χ1v) is 4.03. The molecule has 1 atom stereocenters. The quantitative estimate of drug-likeness (QED) is 0.822. The van der Waals surface area contributed by atoms with Crippen molar-refractivity contribution in [3.8, 4) is 6.07 Å². The predicted molar refractivity (Wildman–Crippen MR) is 55.5 cm³/mol. The van der Waals surface area contributed by atoms with E-state index in [1.165, 1.54) is 12.1 Å². The molecular weight excluding hydrogens is 203 g/mol. The molecule has 0 radical (unpaired) electrons. The molecule has 0 aromatic heterocycles. The SMILES string of the molecule is Cc1cc(F)ccc1[C@H](N)CC#N.Cl. The van der Waals surface area contributed by atoms with E-state index in [-0.39, 0.29) is 30.7 Å². The Morgan fingerprint density at radius 3 is 2.71 bits per heavy atom. The Morgan fingerprint density at radius 1 is 1.57 bits per heavy atom. The average Bonchev–Trinajstić information content (AvgIpc) is 2.04. The van der Waals surface area contributed by atoms with E-state index in [1.54, 1.807) is 13.0 Å². The minimum absolute atomic E-state index is 0. The minimum atomic E-state index is -0.314. The number of rotatable bonds is 2. The van der Waals surface area contributed by atoms with Crippen molar-refractivity contribution >= 4 is 12.4 Å². The topological polar surface area (TPSA) is 49.8 Å². The molecule has 0 aliphatic heterocycles. The summed E-state index contributed by atoms with van der Waals surface area (Å²) in [7, 11) is 0. The molecule has 0 aliphatic rings. The van der Waals surface area contributed by atoms with Gasteiger partial charge in [0.05, 0.1) is 12.5 Å². The van der Waals surface area contributed by atoms with Gasteiger partial charge in [0.2, 0.25) is 0 Å². The lowest BCUT2D eigenvalue weighted by Crippen LogP contribution is -2.10. The summed E-state index contributed by atoms with van der Waals surface area (Å²) in [6.07, 6.45) is 0.256. The van der Waals surface area contributed by atoms with Gasteiger partial charge in [0.25, 0.3) is 0 Å². The number of aryl methyl sites for hydroxylation is 1. The van der Waals surface area contributed by atoms with E-state index in [1.807, 2.05) is 6.07 Å². The summed E-state index contributed by atoms with van der Waals surface area (Å²) in [5.41, 5.74) is 7.34. The lowest BCUT2D eigenvalue weighted by molar-refractivity contribution is 0.623. The van der Waals surface area contributed by atoms with Crippen molar-refractivity contribution in [2.75, 3.05) is 0 Å². The highest BCUT2D eigenvalue weighted by atomic mass is 35.5. The van der Waals surface area contributed by atoms with Crippen LogP contribution in [0, 0.1) is 24.1 Å². The Balaban J connectivity index is 0.00000169. The Kier molecular flexibility index (Phi) is 5.14. The lowest BCUT2D eigenvalue weighted by atomic mass is 10.00. The smallest absolute Gasteiger partial charge is 0.123 e. The van der Waals surface area contributed by atoms with Crippen LogP contribution in [-0.2, 0) is 0 Å². The van der Waals surface area contributed by atoms with Crippen LogP contribution in [0.15, 0.2) is 18.2 Å². The van der Waals surface area contributed by atoms with Gasteiger partial charge in [0.1, 0.15) is 5.82 Å². The second-order valence-corrected chi connectivity index (χ2v) is 2.97. The first-order chi connectivity index (χ1) is 6.15. The first kappa shape index (κ1) is 12.9. The second-order valence-electron chi connectivity index (χ2n) is 2.97. The van der Waals surface area contributed by atoms with Gasteiger partial charge in [-0.15, -0.1) is 12.4 Å². The maximum atomic E-state index is 12.7. The number of halogens is 2. The molecule has 2 nitrogen and oxygen atoms in total. The van der Waals surface area contributed by atoms with E-state index in [0.29, 0.717) is 0 Å². The standard InChI is InChI=1S/C10H11FN2.ClH/c1-7-6-8(11)2-3-9(7)10(13)4-5-12;/h2-3,6,10H,4,13H2,1H3;1H/t10-;/m1./s1. The van der Waals surface area contributed by atoms with Crippen LogP contribution >= 0.6 is 12.4 Å². The summed E-state index contributed by atoms with van der Waals surface area (Å²) in [5.74, 6) is -0.273. The molecule has 2 N–H and O–H groups in total. The predicted octanol–water partition coefficient (Wildman–Crippen LogP) is 2.47. The van der Waals surface area contributed by atoms with Crippen molar-refractivity contribution in [2.24, 2.45) is 5.73 Å². The summed E-state index contributed by atoms with van der Waals surface area (Å²) in [4.78, 5) is 0. The fraction of sp³-hybridized carbons (Fsp3) is 0.300. The molecule has 1 aromatic carbocycles. The fourth-order valence-corrected chi connectivity index (χ4v) is 1.26. The van der Waals surface area contributed by atoms with Crippen LogP contribution in [0.1, 0.15) is 23.6 Å². The molecule has 0 saturated heterocycles. The molecular formula is C10H12ClFN2. The van der Waals surface area contributed by atoms with Crippen LogP contribution < -0.4 is 5.73 Å². The number of hydrogen-bond acceptors (Lipinski definition) is 2. The normalized spacial score (nSPS) is 11.3. The van der Waals surface area contributed by atoms with Crippen LogP contribution in [0.4, 0.5) is 4.39 Å². The molecule has 0 unspecified atom stereocenters. The van der Waals surface area contributed by atoms with Crippen molar-refractivity contribution in [1.29, 1.82) is 5.26 Å². The van der Waals surface area contributed by atoms with Crippen molar-refractivity contribution in [3.63, 3.8) is 0 Å². The van der Waals surface area contributed by atoms with Gasteiger partial charge in [-0.05, 0) is 30.2 Å². The number of nitrogens with zero attached hydrogens (tertiary/aromatic N) is 1. The Morgan fingerprint density at radius 2 is 2.21 bits per heavy atom. The van der Waals surface area contributed by atoms with Crippen molar-refractivity contribution in [1.82, 2.24) is 0 Å². The summed E-state index contributed by atoms with van der Waals surface area (Å²) in [6, 6.07) is 6.09. The van der Waals surface area contributed by atoms with Gasteiger partial charge in [-0.1, -0.05) is 6.07 Å². The van der Waals surface area contributed by atoms with E-state index in [2.05, 4.69) is 0 Å². The molecule has 0 bridgehead atoms. The van der Waals surface area contributed by atoms with Crippen molar-refractivity contribution < 1.29 is 4.39 Å². The maximum Gasteiger partial charge on any atom is 0.123 e. The van der Waals surface area contributed by atoms with Crippen LogP contribution in [0.2, 0.25) is 0 Å². The van der Waals surface area contributed by atoms with Crippen LogP contribution in [-0.4, -0.2) is 0 Å². The molecule has 4 heteroatoms. The number of benzene rings is 1. The highest BCUT2D eigenvalue weighted by molar-refractivity contribution is 5.85. The largest absolute Gasteiger partial charge is 0.323 e. The van der Waals surface area contributed by atoms with Gasteiger partial charge in [0, 0.05) is 6.04 Å². The minimum Gasteiger partial charge on any atom is -0.323 e. The molecule has 1 rings (SSSR count).